The summed E-state index contributed by atoms with van der Waals surface area (Å²) in [5.74, 6) is -0.396. The molecule has 0 aliphatic heterocycles. The third-order valence-corrected chi connectivity index (χ3v) is 2.10. The molecule has 0 radical (unpaired) electrons. The van der Waals surface area contributed by atoms with Crippen LogP contribution in [0, 0.1) is 0 Å². The second-order valence-corrected chi connectivity index (χ2v) is 3.27. The summed E-state index contributed by atoms with van der Waals surface area (Å²) in [6.07, 6.45) is 1.37. The highest BCUT2D eigenvalue weighted by Gasteiger charge is 2.16. The first-order valence-corrected chi connectivity index (χ1v) is 4.45. The lowest BCUT2D eigenvalue weighted by molar-refractivity contribution is -0.0757. The van der Waals surface area contributed by atoms with Crippen LogP contribution >= 0.6 is 23.2 Å². The third kappa shape index (κ3) is 2.35. The van der Waals surface area contributed by atoms with E-state index in [1.165, 1.54) is 26.4 Å². The Morgan fingerprint density at radius 2 is 2.21 bits per heavy atom. The predicted octanol–water partition coefficient (Wildman–Crippen LogP) is 2.02. The van der Waals surface area contributed by atoms with Crippen LogP contribution < -0.4 is 0 Å². The highest BCUT2D eigenvalue weighted by Crippen LogP contribution is 2.18. The van der Waals surface area contributed by atoms with Gasteiger partial charge in [-0.3, -0.25) is 9.63 Å². The fraction of sp³-hybridized carbons (Fsp3) is 0.250. The van der Waals surface area contributed by atoms with E-state index in [1.807, 2.05) is 0 Å². The summed E-state index contributed by atoms with van der Waals surface area (Å²) in [5, 5.41) is 1.49. The Morgan fingerprint density at radius 3 is 2.79 bits per heavy atom. The second-order valence-electron chi connectivity index (χ2n) is 2.48. The van der Waals surface area contributed by atoms with Gasteiger partial charge in [-0.1, -0.05) is 23.2 Å². The van der Waals surface area contributed by atoms with Crippen LogP contribution in [-0.4, -0.2) is 30.1 Å². The molecule has 14 heavy (non-hydrogen) atoms. The van der Waals surface area contributed by atoms with E-state index in [-0.39, 0.29) is 10.7 Å². The standard InChI is InChI=1S/C8H8Cl2N2O2/c1-12(14-2)8(13)6-3-5(9)4-11-7(6)10/h3-4H,1-2H3. The number of carbonyl (C=O) groups is 1. The summed E-state index contributed by atoms with van der Waals surface area (Å²) in [6.45, 7) is 0. The molecule has 1 aromatic rings. The summed E-state index contributed by atoms with van der Waals surface area (Å²) >= 11 is 11.4. The first kappa shape index (κ1) is 11.2. The molecular weight excluding hydrogens is 227 g/mol. The van der Waals surface area contributed by atoms with Gasteiger partial charge in [0.2, 0.25) is 0 Å². The molecule has 6 heteroatoms. The molecule has 76 valence electrons. The van der Waals surface area contributed by atoms with Crippen molar-refractivity contribution in [1.82, 2.24) is 10.0 Å². The van der Waals surface area contributed by atoms with Gasteiger partial charge in [-0.2, -0.15) is 0 Å². The Kier molecular flexibility index (Phi) is 3.69. The average Bonchev–Trinajstić information content (AvgIpc) is 2.19. The Labute approximate surface area is 91.3 Å². The molecule has 4 nitrogen and oxygen atoms in total. The molecule has 0 aliphatic rings. The maximum Gasteiger partial charge on any atom is 0.280 e. The van der Waals surface area contributed by atoms with Crippen molar-refractivity contribution in [1.29, 1.82) is 0 Å². The summed E-state index contributed by atoms with van der Waals surface area (Å²) in [4.78, 5) is 20.0. The minimum Gasteiger partial charge on any atom is -0.274 e. The van der Waals surface area contributed by atoms with Crippen molar-refractivity contribution < 1.29 is 9.63 Å². The molecule has 0 fully saturated rings. The summed E-state index contributed by atoms with van der Waals surface area (Å²) in [5.41, 5.74) is 0.212. The summed E-state index contributed by atoms with van der Waals surface area (Å²) in [6, 6.07) is 1.44. The van der Waals surface area contributed by atoms with Crippen LogP contribution in [0.4, 0.5) is 0 Å². The molecule has 0 saturated heterocycles. The van der Waals surface area contributed by atoms with E-state index in [9.17, 15) is 4.79 Å². The number of aromatic nitrogens is 1. The number of amides is 1. The van der Waals surface area contributed by atoms with Crippen molar-refractivity contribution in [2.75, 3.05) is 14.2 Å². The molecule has 0 N–H and O–H groups in total. The van der Waals surface area contributed by atoms with E-state index in [0.29, 0.717) is 5.02 Å². The van der Waals surface area contributed by atoms with Gasteiger partial charge in [-0.15, -0.1) is 0 Å². The Hall–Kier alpha value is -0.840. The number of halogens is 2. The normalized spacial score (nSPS) is 10.0. The minimum absolute atomic E-state index is 0.100. The lowest BCUT2D eigenvalue weighted by atomic mass is 10.3. The molecule has 0 aliphatic carbocycles. The molecule has 0 aromatic carbocycles. The number of nitrogens with zero attached hydrogens (tertiary/aromatic N) is 2. The van der Waals surface area contributed by atoms with E-state index < -0.39 is 5.91 Å². The van der Waals surface area contributed by atoms with Gasteiger partial charge in [-0.05, 0) is 6.07 Å². The summed E-state index contributed by atoms with van der Waals surface area (Å²) in [7, 11) is 2.85. The number of rotatable bonds is 2. The molecule has 0 bridgehead atoms. The highest BCUT2D eigenvalue weighted by molar-refractivity contribution is 6.34. The molecular formula is C8H8Cl2N2O2. The van der Waals surface area contributed by atoms with Gasteiger partial charge in [0.15, 0.2) is 0 Å². The minimum atomic E-state index is -0.396. The van der Waals surface area contributed by atoms with Crippen LogP contribution in [0.15, 0.2) is 12.3 Å². The van der Waals surface area contributed by atoms with Gasteiger partial charge < -0.3 is 0 Å². The zero-order valence-electron chi connectivity index (χ0n) is 7.62. The van der Waals surface area contributed by atoms with Gasteiger partial charge in [0, 0.05) is 13.2 Å². The maximum atomic E-state index is 11.6. The molecule has 0 unspecified atom stereocenters. The smallest absolute Gasteiger partial charge is 0.274 e. The number of pyridine rings is 1. The Balaban J connectivity index is 3.06. The Morgan fingerprint density at radius 1 is 1.57 bits per heavy atom. The lowest BCUT2D eigenvalue weighted by Crippen LogP contribution is -2.25. The van der Waals surface area contributed by atoms with Gasteiger partial charge in [0.05, 0.1) is 17.7 Å². The number of hydrogen-bond acceptors (Lipinski definition) is 3. The van der Waals surface area contributed by atoms with Crippen LogP contribution in [0.25, 0.3) is 0 Å². The van der Waals surface area contributed by atoms with Crippen LogP contribution in [0.5, 0.6) is 0 Å². The maximum absolute atomic E-state index is 11.6. The Bertz CT molecular complexity index is 357. The monoisotopic (exact) mass is 234 g/mol. The van der Waals surface area contributed by atoms with Crippen molar-refractivity contribution in [2.24, 2.45) is 0 Å². The molecule has 1 rings (SSSR count). The fourth-order valence-electron chi connectivity index (χ4n) is 0.825. The first-order valence-electron chi connectivity index (χ1n) is 3.69. The van der Waals surface area contributed by atoms with E-state index in [2.05, 4.69) is 4.98 Å². The first-order chi connectivity index (χ1) is 6.56. The molecule has 0 atom stereocenters. The predicted molar refractivity (Wildman–Crippen MR) is 53.4 cm³/mol. The van der Waals surface area contributed by atoms with Crippen molar-refractivity contribution in [2.45, 2.75) is 0 Å². The topological polar surface area (TPSA) is 42.4 Å². The van der Waals surface area contributed by atoms with Crippen LogP contribution in [0.3, 0.4) is 0 Å². The van der Waals surface area contributed by atoms with E-state index in [4.69, 9.17) is 28.0 Å². The lowest BCUT2D eigenvalue weighted by Gasteiger charge is -2.13. The second kappa shape index (κ2) is 4.59. The van der Waals surface area contributed by atoms with E-state index in [1.54, 1.807) is 0 Å². The zero-order valence-corrected chi connectivity index (χ0v) is 9.13. The van der Waals surface area contributed by atoms with Crippen molar-refractivity contribution in [3.8, 4) is 0 Å². The molecule has 0 spiro atoms. The van der Waals surface area contributed by atoms with Crippen molar-refractivity contribution in [3.05, 3.63) is 28.0 Å². The molecule has 0 saturated carbocycles. The third-order valence-electron chi connectivity index (χ3n) is 1.60. The van der Waals surface area contributed by atoms with Crippen LogP contribution in [0.1, 0.15) is 10.4 Å². The number of hydrogen-bond donors (Lipinski definition) is 0. The van der Waals surface area contributed by atoms with Crippen molar-refractivity contribution >= 4 is 29.1 Å². The van der Waals surface area contributed by atoms with Gasteiger partial charge in [-0.25, -0.2) is 10.0 Å². The van der Waals surface area contributed by atoms with Crippen molar-refractivity contribution in [3.63, 3.8) is 0 Å². The number of hydroxylamine groups is 2. The van der Waals surface area contributed by atoms with Crippen LogP contribution in [-0.2, 0) is 4.84 Å². The average molecular weight is 235 g/mol. The van der Waals surface area contributed by atoms with E-state index >= 15 is 0 Å². The molecule has 1 amide bonds. The molecule has 1 heterocycles. The summed E-state index contributed by atoms with van der Waals surface area (Å²) < 4.78 is 0. The quantitative estimate of drug-likeness (QED) is 0.581. The van der Waals surface area contributed by atoms with Gasteiger partial charge in [0.25, 0.3) is 5.91 Å². The molecule has 1 aromatic heterocycles. The number of carbonyl (C=O) groups excluding carboxylic acids is 1. The largest absolute Gasteiger partial charge is 0.280 e. The van der Waals surface area contributed by atoms with Gasteiger partial charge in [0.1, 0.15) is 5.15 Å². The highest BCUT2D eigenvalue weighted by atomic mass is 35.5. The SMILES string of the molecule is CON(C)C(=O)c1cc(Cl)cnc1Cl. The zero-order chi connectivity index (χ0) is 10.7. The van der Waals surface area contributed by atoms with Gasteiger partial charge >= 0.3 is 0 Å². The van der Waals surface area contributed by atoms with Crippen LogP contribution in [0.2, 0.25) is 10.2 Å². The fourth-order valence-corrected chi connectivity index (χ4v) is 1.17. The van der Waals surface area contributed by atoms with E-state index in [0.717, 1.165) is 5.06 Å².